The Bertz CT molecular complexity index is 462. The van der Waals surface area contributed by atoms with Gasteiger partial charge in [-0.15, -0.1) is 11.8 Å². The fourth-order valence-corrected chi connectivity index (χ4v) is 3.53. The van der Waals surface area contributed by atoms with Gasteiger partial charge in [-0.25, -0.2) is 8.42 Å². The first-order valence-electron chi connectivity index (χ1n) is 5.69. The lowest BCUT2D eigenvalue weighted by molar-refractivity contribution is 0.602. The molecular formula is C12H17NO2S2. The highest BCUT2D eigenvalue weighted by Crippen LogP contribution is 2.24. The van der Waals surface area contributed by atoms with Crippen molar-refractivity contribution in [3.05, 3.63) is 24.3 Å². The van der Waals surface area contributed by atoms with Crippen LogP contribution in [0.15, 0.2) is 34.1 Å². The summed E-state index contributed by atoms with van der Waals surface area (Å²) in [5.41, 5.74) is 0. The molecule has 0 radical (unpaired) electrons. The van der Waals surface area contributed by atoms with Gasteiger partial charge in [0.25, 0.3) is 0 Å². The van der Waals surface area contributed by atoms with Crippen LogP contribution in [0.4, 0.5) is 0 Å². The molecule has 0 saturated carbocycles. The van der Waals surface area contributed by atoms with Crippen LogP contribution in [0.1, 0.15) is 6.42 Å². The maximum absolute atomic E-state index is 11.3. The van der Waals surface area contributed by atoms with Gasteiger partial charge in [0.2, 0.25) is 0 Å². The number of hydrogen-bond donors (Lipinski definition) is 1. The molecule has 1 aromatic rings. The van der Waals surface area contributed by atoms with Crippen LogP contribution in [0, 0.1) is 5.92 Å². The Morgan fingerprint density at radius 1 is 1.35 bits per heavy atom. The van der Waals surface area contributed by atoms with Crippen molar-refractivity contribution in [2.24, 2.45) is 5.92 Å². The van der Waals surface area contributed by atoms with Crippen LogP contribution in [0.2, 0.25) is 0 Å². The number of rotatable bonds is 4. The quantitative estimate of drug-likeness (QED) is 0.848. The van der Waals surface area contributed by atoms with Crippen LogP contribution in [0.25, 0.3) is 0 Å². The summed E-state index contributed by atoms with van der Waals surface area (Å²) in [6.07, 6.45) is 2.48. The fraction of sp³-hybridized carbons (Fsp3) is 0.500. The summed E-state index contributed by atoms with van der Waals surface area (Å²) in [5.74, 6) is 1.85. The van der Waals surface area contributed by atoms with Crippen molar-refractivity contribution in [2.45, 2.75) is 16.2 Å². The summed E-state index contributed by atoms with van der Waals surface area (Å²) in [5, 5.41) is 3.34. The summed E-state index contributed by atoms with van der Waals surface area (Å²) < 4.78 is 22.6. The highest BCUT2D eigenvalue weighted by atomic mass is 32.2. The van der Waals surface area contributed by atoms with Crippen LogP contribution in [0.3, 0.4) is 0 Å². The molecule has 17 heavy (non-hydrogen) atoms. The first-order valence-corrected chi connectivity index (χ1v) is 8.57. The molecule has 3 nitrogen and oxygen atoms in total. The van der Waals surface area contributed by atoms with E-state index in [0.717, 1.165) is 29.7 Å². The molecule has 2 rings (SSSR count). The summed E-state index contributed by atoms with van der Waals surface area (Å²) in [4.78, 5) is 1.54. The van der Waals surface area contributed by atoms with Gasteiger partial charge in [-0.3, -0.25) is 0 Å². The molecule has 0 aliphatic carbocycles. The predicted octanol–water partition coefficient (Wildman–Crippen LogP) is 1.79. The van der Waals surface area contributed by atoms with Crippen molar-refractivity contribution in [1.82, 2.24) is 5.32 Å². The van der Waals surface area contributed by atoms with E-state index in [0.29, 0.717) is 4.90 Å². The second kappa shape index (κ2) is 5.42. The molecule has 1 fully saturated rings. The molecule has 1 N–H and O–H groups in total. The standard InChI is InChI=1S/C12H17NO2S2/c1-17(14,15)12-4-2-11(3-5-12)16-9-10-6-7-13-8-10/h2-5,10,13H,6-9H2,1H3. The smallest absolute Gasteiger partial charge is 0.175 e. The van der Waals surface area contributed by atoms with Gasteiger partial charge in [0.15, 0.2) is 9.84 Å². The molecule has 1 saturated heterocycles. The van der Waals surface area contributed by atoms with Crippen molar-refractivity contribution in [3.63, 3.8) is 0 Å². The molecule has 0 amide bonds. The molecule has 1 aliphatic heterocycles. The van der Waals surface area contributed by atoms with Gasteiger partial charge in [0.05, 0.1) is 4.90 Å². The lowest BCUT2D eigenvalue weighted by Crippen LogP contribution is -2.10. The van der Waals surface area contributed by atoms with E-state index in [1.54, 1.807) is 23.9 Å². The van der Waals surface area contributed by atoms with Crippen LogP contribution in [-0.2, 0) is 9.84 Å². The molecule has 1 heterocycles. The summed E-state index contributed by atoms with van der Waals surface area (Å²) in [6, 6.07) is 7.15. The zero-order valence-electron chi connectivity index (χ0n) is 9.85. The van der Waals surface area contributed by atoms with Crippen LogP contribution in [0.5, 0.6) is 0 Å². The highest BCUT2D eigenvalue weighted by molar-refractivity contribution is 7.99. The molecule has 1 aromatic carbocycles. The predicted molar refractivity (Wildman–Crippen MR) is 71.3 cm³/mol. The normalized spacial score (nSPS) is 20.6. The van der Waals surface area contributed by atoms with E-state index in [-0.39, 0.29) is 0 Å². The summed E-state index contributed by atoms with van der Waals surface area (Å²) in [6.45, 7) is 2.23. The Morgan fingerprint density at radius 3 is 2.59 bits per heavy atom. The van der Waals surface area contributed by atoms with E-state index < -0.39 is 9.84 Å². The maximum atomic E-state index is 11.3. The lowest BCUT2D eigenvalue weighted by atomic mass is 10.2. The molecule has 94 valence electrons. The Hall–Kier alpha value is -0.520. The third-order valence-electron chi connectivity index (χ3n) is 2.90. The average molecular weight is 271 g/mol. The first-order chi connectivity index (χ1) is 8.05. The van der Waals surface area contributed by atoms with Gasteiger partial charge in [0, 0.05) is 16.9 Å². The zero-order valence-corrected chi connectivity index (χ0v) is 11.5. The summed E-state index contributed by atoms with van der Waals surface area (Å²) >= 11 is 1.80. The largest absolute Gasteiger partial charge is 0.316 e. The van der Waals surface area contributed by atoms with Gasteiger partial charge in [-0.05, 0) is 49.7 Å². The Balaban J connectivity index is 1.94. The average Bonchev–Trinajstić information content (AvgIpc) is 2.78. The molecule has 1 atom stereocenters. The topological polar surface area (TPSA) is 46.2 Å². The molecule has 0 bridgehead atoms. The SMILES string of the molecule is CS(=O)(=O)c1ccc(SCC2CCNC2)cc1. The van der Waals surface area contributed by atoms with E-state index in [1.807, 2.05) is 12.1 Å². The lowest BCUT2D eigenvalue weighted by Gasteiger charge is -2.07. The van der Waals surface area contributed by atoms with E-state index in [4.69, 9.17) is 0 Å². The number of hydrogen-bond acceptors (Lipinski definition) is 4. The third kappa shape index (κ3) is 3.72. The second-order valence-electron chi connectivity index (χ2n) is 4.41. The Labute approximate surface area is 107 Å². The molecule has 5 heteroatoms. The van der Waals surface area contributed by atoms with Gasteiger partial charge in [-0.2, -0.15) is 0 Å². The molecule has 0 aromatic heterocycles. The van der Waals surface area contributed by atoms with E-state index in [1.165, 1.54) is 12.7 Å². The van der Waals surface area contributed by atoms with Crippen LogP contribution in [-0.4, -0.2) is 33.5 Å². The van der Waals surface area contributed by atoms with Crippen molar-refractivity contribution < 1.29 is 8.42 Å². The first kappa shape index (κ1) is 12.9. The summed E-state index contributed by atoms with van der Waals surface area (Å²) in [7, 11) is -3.07. The minimum Gasteiger partial charge on any atom is -0.316 e. The van der Waals surface area contributed by atoms with Gasteiger partial charge in [-0.1, -0.05) is 0 Å². The Kier molecular flexibility index (Phi) is 4.12. The number of sulfone groups is 1. The van der Waals surface area contributed by atoms with Crippen molar-refractivity contribution in [3.8, 4) is 0 Å². The number of thioether (sulfide) groups is 1. The van der Waals surface area contributed by atoms with Crippen molar-refractivity contribution in [1.29, 1.82) is 0 Å². The molecule has 1 aliphatic rings. The van der Waals surface area contributed by atoms with E-state index >= 15 is 0 Å². The maximum Gasteiger partial charge on any atom is 0.175 e. The fourth-order valence-electron chi connectivity index (χ4n) is 1.85. The Morgan fingerprint density at radius 2 is 2.06 bits per heavy atom. The number of benzene rings is 1. The molecular weight excluding hydrogens is 254 g/mol. The van der Waals surface area contributed by atoms with E-state index in [2.05, 4.69) is 5.32 Å². The van der Waals surface area contributed by atoms with E-state index in [9.17, 15) is 8.42 Å². The van der Waals surface area contributed by atoms with Gasteiger partial charge >= 0.3 is 0 Å². The van der Waals surface area contributed by atoms with Crippen molar-refractivity contribution >= 4 is 21.6 Å². The second-order valence-corrected chi connectivity index (χ2v) is 7.52. The van der Waals surface area contributed by atoms with Crippen LogP contribution < -0.4 is 5.32 Å². The number of nitrogens with one attached hydrogen (secondary N) is 1. The molecule has 0 spiro atoms. The zero-order chi connectivity index (χ0) is 12.3. The minimum absolute atomic E-state index is 0.393. The van der Waals surface area contributed by atoms with Crippen molar-refractivity contribution in [2.75, 3.05) is 25.1 Å². The highest BCUT2D eigenvalue weighted by Gasteiger charge is 2.14. The van der Waals surface area contributed by atoms with Gasteiger partial charge < -0.3 is 5.32 Å². The minimum atomic E-state index is -3.07. The van der Waals surface area contributed by atoms with Crippen LogP contribution >= 0.6 is 11.8 Å². The third-order valence-corrected chi connectivity index (χ3v) is 5.27. The monoisotopic (exact) mass is 271 g/mol. The molecule has 1 unspecified atom stereocenters. The van der Waals surface area contributed by atoms with Gasteiger partial charge in [0.1, 0.15) is 0 Å².